The largest absolute Gasteiger partial charge is 0.394 e. The highest BCUT2D eigenvalue weighted by atomic mass is 79.9. The van der Waals surface area contributed by atoms with Crippen LogP contribution in [0, 0.1) is 0 Å². The summed E-state index contributed by atoms with van der Waals surface area (Å²) in [5, 5.41) is 12.8. The van der Waals surface area contributed by atoms with E-state index in [1.54, 1.807) is 0 Å². The van der Waals surface area contributed by atoms with Gasteiger partial charge in [0.15, 0.2) is 0 Å². The predicted octanol–water partition coefficient (Wildman–Crippen LogP) is 3.59. The number of para-hydroxylation sites is 1. The Labute approximate surface area is 109 Å². The number of hydrogen-bond acceptors (Lipinski definition) is 2. The molecule has 0 heterocycles. The lowest BCUT2D eigenvalue weighted by Gasteiger charge is -2.18. The molecule has 0 bridgehead atoms. The van der Waals surface area contributed by atoms with Gasteiger partial charge in [-0.1, -0.05) is 46.3 Å². The minimum atomic E-state index is -0.0881. The zero-order valence-corrected chi connectivity index (χ0v) is 10.9. The third kappa shape index (κ3) is 3.32. The van der Waals surface area contributed by atoms with Gasteiger partial charge in [0.05, 0.1) is 12.6 Å². The highest BCUT2D eigenvalue weighted by Crippen LogP contribution is 2.21. The van der Waals surface area contributed by atoms with Crippen LogP contribution in [0.4, 0.5) is 5.69 Å². The molecule has 88 valence electrons. The Kier molecular flexibility index (Phi) is 4.18. The Morgan fingerprint density at radius 2 is 1.82 bits per heavy atom. The second-order valence-electron chi connectivity index (χ2n) is 3.80. The Morgan fingerprint density at radius 3 is 2.47 bits per heavy atom. The zero-order valence-electron chi connectivity index (χ0n) is 9.31. The lowest BCUT2D eigenvalue weighted by molar-refractivity contribution is 0.276. The maximum atomic E-state index is 9.45. The number of halogens is 1. The number of rotatable bonds is 4. The summed E-state index contributed by atoms with van der Waals surface area (Å²) in [4.78, 5) is 0. The average molecular weight is 292 g/mol. The van der Waals surface area contributed by atoms with Gasteiger partial charge in [0.1, 0.15) is 0 Å². The first-order valence-electron chi connectivity index (χ1n) is 5.47. The summed E-state index contributed by atoms with van der Waals surface area (Å²) in [5.74, 6) is 0. The molecule has 2 nitrogen and oxygen atoms in total. The molecule has 0 aliphatic rings. The van der Waals surface area contributed by atoms with Crippen LogP contribution >= 0.6 is 15.9 Å². The molecule has 3 heteroatoms. The molecule has 0 aliphatic carbocycles. The second-order valence-corrected chi connectivity index (χ2v) is 4.72. The van der Waals surface area contributed by atoms with Gasteiger partial charge in [0.2, 0.25) is 0 Å². The summed E-state index contributed by atoms with van der Waals surface area (Å²) in [6, 6.07) is 17.7. The van der Waals surface area contributed by atoms with Gasteiger partial charge in [-0.25, -0.2) is 0 Å². The van der Waals surface area contributed by atoms with E-state index in [4.69, 9.17) is 0 Å². The molecule has 0 saturated heterocycles. The summed E-state index contributed by atoms with van der Waals surface area (Å²) in [6.45, 7) is 0.0609. The number of hydrogen-bond donors (Lipinski definition) is 2. The van der Waals surface area contributed by atoms with Gasteiger partial charge < -0.3 is 10.4 Å². The number of aliphatic hydroxyl groups is 1. The highest BCUT2D eigenvalue weighted by molar-refractivity contribution is 9.10. The molecule has 2 rings (SSSR count). The molecule has 0 spiro atoms. The maximum Gasteiger partial charge on any atom is 0.0745 e. The fourth-order valence-corrected chi connectivity index (χ4v) is 2.11. The Bertz CT molecular complexity index is 473. The molecule has 0 amide bonds. The Balaban J connectivity index is 2.17. The van der Waals surface area contributed by atoms with E-state index < -0.39 is 0 Å². The van der Waals surface area contributed by atoms with Gasteiger partial charge in [-0.2, -0.15) is 0 Å². The van der Waals surface area contributed by atoms with Crippen LogP contribution < -0.4 is 5.32 Å². The van der Waals surface area contributed by atoms with E-state index in [2.05, 4.69) is 21.2 Å². The predicted molar refractivity (Wildman–Crippen MR) is 74.0 cm³/mol. The standard InChI is InChI=1S/C14H14BrNO/c15-12-6-4-5-11(9-12)14(10-17)16-13-7-2-1-3-8-13/h1-9,14,16-17H,10H2. The van der Waals surface area contributed by atoms with Crippen molar-refractivity contribution in [3.8, 4) is 0 Å². The quantitative estimate of drug-likeness (QED) is 0.902. The summed E-state index contributed by atoms with van der Waals surface area (Å²) in [6.07, 6.45) is 0. The third-order valence-electron chi connectivity index (χ3n) is 2.55. The van der Waals surface area contributed by atoms with Gasteiger partial charge in [-0.3, -0.25) is 0 Å². The minimum absolute atomic E-state index is 0.0609. The van der Waals surface area contributed by atoms with E-state index in [-0.39, 0.29) is 12.6 Å². The van der Waals surface area contributed by atoms with Gasteiger partial charge in [0.25, 0.3) is 0 Å². The first-order chi connectivity index (χ1) is 8.29. The van der Waals surface area contributed by atoms with Crippen LogP contribution in [0.1, 0.15) is 11.6 Å². The van der Waals surface area contributed by atoms with Crippen LogP contribution in [0.3, 0.4) is 0 Å². The van der Waals surface area contributed by atoms with Crippen molar-refractivity contribution in [3.63, 3.8) is 0 Å². The van der Waals surface area contributed by atoms with E-state index in [0.717, 1.165) is 15.7 Å². The lowest BCUT2D eigenvalue weighted by Crippen LogP contribution is -2.14. The number of benzene rings is 2. The van der Waals surface area contributed by atoms with Crippen molar-refractivity contribution in [1.29, 1.82) is 0 Å². The summed E-state index contributed by atoms with van der Waals surface area (Å²) in [5.41, 5.74) is 2.07. The maximum absolute atomic E-state index is 9.45. The van der Waals surface area contributed by atoms with Crippen molar-refractivity contribution in [1.82, 2.24) is 0 Å². The molecule has 0 aliphatic heterocycles. The molecular weight excluding hydrogens is 278 g/mol. The van der Waals surface area contributed by atoms with Crippen molar-refractivity contribution in [3.05, 3.63) is 64.6 Å². The Hall–Kier alpha value is -1.32. The van der Waals surface area contributed by atoms with E-state index in [1.165, 1.54) is 0 Å². The Morgan fingerprint density at radius 1 is 1.06 bits per heavy atom. The van der Waals surface area contributed by atoms with E-state index in [9.17, 15) is 5.11 Å². The van der Waals surface area contributed by atoms with Gasteiger partial charge in [0, 0.05) is 10.2 Å². The molecule has 2 aromatic carbocycles. The highest BCUT2D eigenvalue weighted by Gasteiger charge is 2.09. The molecule has 1 unspecified atom stereocenters. The van der Waals surface area contributed by atoms with Crippen LogP contribution in [-0.4, -0.2) is 11.7 Å². The van der Waals surface area contributed by atoms with Gasteiger partial charge >= 0.3 is 0 Å². The molecule has 1 atom stereocenters. The normalized spacial score (nSPS) is 12.1. The minimum Gasteiger partial charge on any atom is -0.394 e. The van der Waals surface area contributed by atoms with E-state index in [1.807, 2.05) is 54.6 Å². The topological polar surface area (TPSA) is 32.3 Å². The summed E-state index contributed by atoms with van der Waals surface area (Å²) in [7, 11) is 0. The number of nitrogens with one attached hydrogen (secondary N) is 1. The van der Waals surface area contributed by atoms with Crippen molar-refractivity contribution >= 4 is 21.6 Å². The monoisotopic (exact) mass is 291 g/mol. The molecular formula is C14H14BrNO. The number of aliphatic hydroxyl groups excluding tert-OH is 1. The summed E-state index contributed by atoms with van der Waals surface area (Å²) >= 11 is 3.44. The van der Waals surface area contributed by atoms with Crippen molar-refractivity contribution in [2.45, 2.75) is 6.04 Å². The smallest absolute Gasteiger partial charge is 0.0745 e. The van der Waals surface area contributed by atoms with Crippen LogP contribution in [0.25, 0.3) is 0 Å². The third-order valence-corrected chi connectivity index (χ3v) is 3.04. The SMILES string of the molecule is OCC(Nc1ccccc1)c1cccc(Br)c1. The van der Waals surface area contributed by atoms with Crippen LogP contribution in [0.5, 0.6) is 0 Å². The molecule has 2 N–H and O–H groups in total. The van der Waals surface area contributed by atoms with Gasteiger partial charge in [-0.05, 0) is 29.8 Å². The number of anilines is 1. The van der Waals surface area contributed by atoms with Crippen molar-refractivity contribution in [2.75, 3.05) is 11.9 Å². The van der Waals surface area contributed by atoms with Crippen LogP contribution in [-0.2, 0) is 0 Å². The fraction of sp³-hybridized carbons (Fsp3) is 0.143. The zero-order chi connectivity index (χ0) is 12.1. The fourth-order valence-electron chi connectivity index (χ4n) is 1.69. The molecule has 0 radical (unpaired) electrons. The average Bonchev–Trinajstić information content (AvgIpc) is 2.37. The van der Waals surface area contributed by atoms with Crippen molar-refractivity contribution < 1.29 is 5.11 Å². The van der Waals surface area contributed by atoms with Crippen LogP contribution in [0.2, 0.25) is 0 Å². The lowest BCUT2D eigenvalue weighted by atomic mass is 10.1. The van der Waals surface area contributed by atoms with Gasteiger partial charge in [-0.15, -0.1) is 0 Å². The molecule has 0 fully saturated rings. The first-order valence-corrected chi connectivity index (χ1v) is 6.27. The molecule has 17 heavy (non-hydrogen) atoms. The molecule has 2 aromatic rings. The van der Waals surface area contributed by atoms with Crippen LogP contribution in [0.15, 0.2) is 59.1 Å². The molecule has 0 saturated carbocycles. The van der Waals surface area contributed by atoms with E-state index in [0.29, 0.717) is 0 Å². The summed E-state index contributed by atoms with van der Waals surface area (Å²) < 4.78 is 1.02. The van der Waals surface area contributed by atoms with E-state index >= 15 is 0 Å². The van der Waals surface area contributed by atoms with Crippen molar-refractivity contribution in [2.24, 2.45) is 0 Å². The first kappa shape index (κ1) is 12.1. The second kappa shape index (κ2) is 5.84. The molecule has 0 aromatic heterocycles.